The van der Waals surface area contributed by atoms with Crippen molar-refractivity contribution in [1.29, 1.82) is 0 Å². The summed E-state index contributed by atoms with van der Waals surface area (Å²) in [6.45, 7) is 3.90. The molecule has 0 saturated carbocycles. The molecule has 2 N–H and O–H groups in total. The maximum absolute atomic E-state index is 6.09. The molecule has 20 heavy (non-hydrogen) atoms. The molecule has 0 unspecified atom stereocenters. The lowest BCUT2D eigenvalue weighted by Gasteiger charge is -2.12. The summed E-state index contributed by atoms with van der Waals surface area (Å²) in [7, 11) is 1.89. The van der Waals surface area contributed by atoms with Gasteiger partial charge in [0.05, 0.1) is 27.8 Å². The van der Waals surface area contributed by atoms with Crippen molar-refractivity contribution in [2.75, 3.05) is 10.6 Å². The molecule has 106 valence electrons. The number of rotatable bonds is 2. The molecule has 0 aliphatic heterocycles. The summed E-state index contributed by atoms with van der Waals surface area (Å²) in [6, 6.07) is 5.19. The molecule has 0 atom stereocenters. The van der Waals surface area contributed by atoms with Gasteiger partial charge in [-0.25, -0.2) is 0 Å². The van der Waals surface area contributed by atoms with Crippen molar-refractivity contribution in [1.82, 2.24) is 9.78 Å². The minimum absolute atomic E-state index is 0.452. The first kappa shape index (κ1) is 15.1. The Morgan fingerprint density at radius 1 is 1.25 bits per heavy atom. The molecule has 2 rings (SSSR count). The molecular formula is C13H14Cl2N4S. The second-order valence-corrected chi connectivity index (χ2v) is 5.62. The smallest absolute Gasteiger partial charge is 0.175 e. The van der Waals surface area contributed by atoms with E-state index in [-0.39, 0.29) is 0 Å². The fourth-order valence-electron chi connectivity index (χ4n) is 1.81. The molecule has 0 radical (unpaired) electrons. The van der Waals surface area contributed by atoms with Crippen LogP contribution in [-0.2, 0) is 7.05 Å². The molecule has 0 aliphatic rings. The predicted molar refractivity (Wildman–Crippen MR) is 89.0 cm³/mol. The molecular weight excluding hydrogens is 315 g/mol. The third kappa shape index (κ3) is 3.23. The average Bonchev–Trinajstić information content (AvgIpc) is 2.60. The Balaban J connectivity index is 2.13. The Bertz CT molecular complexity index is 667. The zero-order chi connectivity index (χ0) is 14.9. The quantitative estimate of drug-likeness (QED) is 0.812. The minimum Gasteiger partial charge on any atom is -0.331 e. The highest BCUT2D eigenvalue weighted by Crippen LogP contribution is 2.26. The number of halogens is 2. The zero-order valence-electron chi connectivity index (χ0n) is 11.3. The van der Waals surface area contributed by atoms with Crippen LogP contribution in [0.3, 0.4) is 0 Å². The van der Waals surface area contributed by atoms with Gasteiger partial charge in [-0.1, -0.05) is 23.2 Å². The molecule has 0 spiro atoms. The summed E-state index contributed by atoms with van der Waals surface area (Å²) in [5.74, 6) is 0. The highest BCUT2D eigenvalue weighted by atomic mass is 35.5. The Morgan fingerprint density at radius 2 is 1.95 bits per heavy atom. The number of aromatic nitrogens is 2. The van der Waals surface area contributed by atoms with Crippen molar-refractivity contribution in [3.8, 4) is 0 Å². The molecule has 7 heteroatoms. The third-order valence-corrected chi connectivity index (χ3v) is 3.68. The van der Waals surface area contributed by atoms with Gasteiger partial charge in [0.1, 0.15) is 0 Å². The topological polar surface area (TPSA) is 41.9 Å². The number of benzene rings is 1. The highest BCUT2D eigenvalue weighted by molar-refractivity contribution is 7.80. The van der Waals surface area contributed by atoms with Crippen molar-refractivity contribution in [2.24, 2.45) is 7.05 Å². The second-order valence-electron chi connectivity index (χ2n) is 4.37. The fraction of sp³-hybridized carbons (Fsp3) is 0.231. The van der Waals surface area contributed by atoms with Gasteiger partial charge in [-0.05, 0) is 44.3 Å². The van der Waals surface area contributed by atoms with E-state index in [1.165, 1.54) is 0 Å². The van der Waals surface area contributed by atoms with Crippen LogP contribution in [-0.4, -0.2) is 14.9 Å². The normalized spacial score (nSPS) is 10.4. The van der Waals surface area contributed by atoms with E-state index in [9.17, 15) is 0 Å². The number of nitrogens with one attached hydrogen (secondary N) is 2. The van der Waals surface area contributed by atoms with E-state index in [0.29, 0.717) is 20.8 Å². The van der Waals surface area contributed by atoms with Crippen LogP contribution in [0.4, 0.5) is 11.4 Å². The first-order valence-electron chi connectivity index (χ1n) is 5.91. The van der Waals surface area contributed by atoms with Crippen LogP contribution in [0.5, 0.6) is 0 Å². The van der Waals surface area contributed by atoms with Crippen molar-refractivity contribution in [3.05, 3.63) is 39.6 Å². The van der Waals surface area contributed by atoms with Crippen molar-refractivity contribution >= 4 is 51.9 Å². The number of anilines is 2. The van der Waals surface area contributed by atoms with E-state index in [0.717, 1.165) is 17.1 Å². The van der Waals surface area contributed by atoms with Crippen molar-refractivity contribution < 1.29 is 0 Å². The fourth-order valence-corrected chi connectivity index (χ4v) is 2.48. The van der Waals surface area contributed by atoms with Gasteiger partial charge < -0.3 is 10.6 Å². The van der Waals surface area contributed by atoms with Gasteiger partial charge in [0.25, 0.3) is 0 Å². The van der Waals surface area contributed by atoms with Crippen LogP contribution in [0.1, 0.15) is 11.4 Å². The second kappa shape index (κ2) is 5.99. The van der Waals surface area contributed by atoms with Gasteiger partial charge in [-0.3, -0.25) is 4.68 Å². The lowest BCUT2D eigenvalue weighted by atomic mass is 10.3. The number of aryl methyl sites for hydroxylation is 2. The number of nitrogens with zero attached hydrogens (tertiary/aromatic N) is 2. The van der Waals surface area contributed by atoms with E-state index in [1.807, 2.05) is 20.9 Å². The Morgan fingerprint density at radius 3 is 2.50 bits per heavy atom. The SMILES string of the molecule is Cc1nn(C)c(C)c1NC(=S)Nc1ccc(Cl)cc1Cl. The summed E-state index contributed by atoms with van der Waals surface area (Å²) in [5.41, 5.74) is 3.49. The van der Waals surface area contributed by atoms with Gasteiger partial charge in [0, 0.05) is 12.1 Å². The van der Waals surface area contributed by atoms with Crippen molar-refractivity contribution in [3.63, 3.8) is 0 Å². The van der Waals surface area contributed by atoms with E-state index in [2.05, 4.69) is 15.7 Å². The summed E-state index contributed by atoms with van der Waals surface area (Å²) >= 11 is 17.2. The average molecular weight is 329 g/mol. The number of hydrogen-bond acceptors (Lipinski definition) is 2. The first-order valence-corrected chi connectivity index (χ1v) is 7.08. The van der Waals surface area contributed by atoms with Gasteiger partial charge in [-0.2, -0.15) is 5.10 Å². The maximum atomic E-state index is 6.09. The van der Waals surface area contributed by atoms with E-state index in [4.69, 9.17) is 35.4 Å². The van der Waals surface area contributed by atoms with Crippen LogP contribution in [0.2, 0.25) is 10.0 Å². The molecule has 0 fully saturated rings. The van der Waals surface area contributed by atoms with Crippen LogP contribution < -0.4 is 10.6 Å². The van der Waals surface area contributed by atoms with Crippen LogP contribution in [0.25, 0.3) is 0 Å². The van der Waals surface area contributed by atoms with E-state index < -0.39 is 0 Å². The highest BCUT2D eigenvalue weighted by Gasteiger charge is 2.11. The minimum atomic E-state index is 0.452. The molecule has 0 saturated heterocycles. The number of hydrogen-bond donors (Lipinski definition) is 2. The van der Waals surface area contributed by atoms with Crippen LogP contribution in [0.15, 0.2) is 18.2 Å². The largest absolute Gasteiger partial charge is 0.331 e. The Hall–Kier alpha value is -1.30. The summed E-state index contributed by atoms with van der Waals surface area (Å²) in [4.78, 5) is 0. The lowest BCUT2D eigenvalue weighted by Crippen LogP contribution is -2.20. The van der Waals surface area contributed by atoms with Crippen LogP contribution >= 0.6 is 35.4 Å². The third-order valence-electron chi connectivity index (χ3n) is 2.93. The molecule has 0 aliphatic carbocycles. The molecule has 1 aromatic carbocycles. The maximum Gasteiger partial charge on any atom is 0.175 e. The van der Waals surface area contributed by atoms with Crippen molar-refractivity contribution in [2.45, 2.75) is 13.8 Å². The summed E-state index contributed by atoms with van der Waals surface area (Å²) in [6.07, 6.45) is 0. The monoisotopic (exact) mass is 328 g/mol. The Kier molecular flexibility index (Phi) is 4.52. The van der Waals surface area contributed by atoms with Gasteiger partial charge in [0.15, 0.2) is 5.11 Å². The van der Waals surface area contributed by atoms with Crippen LogP contribution in [0, 0.1) is 13.8 Å². The molecule has 0 amide bonds. The van der Waals surface area contributed by atoms with Gasteiger partial charge in [-0.15, -0.1) is 0 Å². The van der Waals surface area contributed by atoms with Gasteiger partial charge >= 0.3 is 0 Å². The Labute approximate surface area is 133 Å². The van der Waals surface area contributed by atoms with E-state index >= 15 is 0 Å². The first-order chi connectivity index (χ1) is 9.38. The summed E-state index contributed by atoms with van der Waals surface area (Å²) < 4.78 is 1.80. The summed E-state index contributed by atoms with van der Waals surface area (Å²) in [5, 5.41) is 12.0. The van der Waals surface area contributed by atoms with Gasteiger partial charge in [0.2, 0.25) is 0 Å². The molecule has 1 aromatic heterocycles. The van der Waals surface area contributed by atoms with E-state index in [1.54, 1.807) is 22.9 Å². The molecule has 2 aromatic rings. The molecule has 1 heterocycles. The standard InChI is InChI=1S/C13H14Cl2N4S/c1-7-12(8(2)19(3)18-7)17-13(20)16-11-5-4-9(14)6-10(11)15/h4-6H,1-3H3,(H2,16,17,20). The molecule has 0 bridgehead atoms. The number of thiocarbonyl (C=S) groups is 1. The zero-order valence-corrected chi connectivity index (χ0v) is 13.6. The molecule has 4 nitrogen and oxygen atoms in total. The lowest BCUT2D eigenvalue weighted by molar-refractivity contribution is 0.731. The predicted octanol–water partition coefficient (Wildman–Crippen LogP) is 4.15.